The number of benzene rings is 1. The van der Waals surface area contributed by atoms with Gasteiger partial charge < -0.3 is 19.1 Å². The first-order valence-electron chi connectivity index (χ1n) is 10.4. The first-order valence-corrected chi connectivity index (χ1v) is 10.4. The summed E-state index contributed by atoms with van der Waals surface area (Å²) in [4.78, 5) is 22.0. The summed E-state index contributed by atoms with van der Waals surface area (Å²) in [5, 5.41) is 0. The van der Waals surface area contributed by atoms with Crippen LogP contribution in [0, 0.1) is 5.92 Å². The average molecular weight is 412 g/mol. The summed E-state index contributed by atoms with van der Waals surface area (Å²) < 4.78 is 16.6. The Kier molecular flexibility index (Phi) is 6.50. The van der Waals surface area contributed by atoms with Gasteiger partial charge in [0.1, 0.15) is 11.5 Å². The van der Waals surface area contributed by atoms with Crippen LogP contribution in [0.2, 0.25) is 0 Å². The quantitative estimate of drug-likeness (QED) is 0.753. The lowest BCUT2D eigenvalue weighted by molar-refractivity contribution is 0.0368. The minimum absolute atomic E-state index is 0.000513. The van der Waals surface area contributed by atoms with Crippen LogP contribution < -0.4 is 9.47 Å². The van der Waals surface area contributed by atoms with Gasteiger partial charge in [-0.15, -0.1) is 0 Å². The second-order valence-electron chi connectivity index (χ2n) is 7.84. The molecule has 160 valence electrons. The maximum absolute atomic E-state index is 13.3. The number of amides is 1. The normalized spacial score (nSPS) is 22.1. The number of nitrogens with zero attached hydrogens (tertiary/aromatic N) is 3. The molecular formula is C23H29N3O4. The third kappa shape index (κ3) is 4.42. The minimum Gasteiger partial charge on any atom is -0.497 e. The number of piperidine rings is 1. The van der Waals surface area contributed by atoms with Gasteiger partial charge in [0.05, 0.1) is 33.0 Å². The van der Waals surface area contributed by atoms with Gasteiger partial charge in [0.15, 0.2) is 0 Å². The van der Waals surface area contributed by atoms with Crippen molar-refractivity contribution in [3.63, 3.8) is 0 Å². The van der Waals surface area contributed by atoms with E-state index in [0.717, 1.165) is 32.7 Å². The van der Waals surface area contributed by atoms with Crippen molar-refractivity contribution in [1.82, 2.24) is 14.8 Å². The van der Waals surface area contributed by atoms with Gasteiger partial charge in [-0.05, 0) is 30.2 Å². The molecule has 2 atom stereocenters. The number of ether oxygens (including phenoxy) is 3. The van der Waals surface area contributed by atoms with Crippen LogP contribution in [0.25, 0.3) is 0 Å². The largest absolute Gasteiger partial charge is 0.497 e. The zero-order chi connectivity index (χ0) is 20.9. The van der Waals surface area contributed by atoms with Crippen LogP contribution in [-0.4, -0.2) is 73.8 Å². The number of pyridine rings is 1. The van der Waals surface area contributed by atoms with Crippen molar-refractivity contribution >= 4 is 5.91 Å². The summed E-state index contributed by atoms with van der Waals surface area (Å²) >= 11 is 0. The number of rotatable bonds is 5. The first kappa shape index (κ1) is 20.6. The standard InChI is InChI=1S/C23H29N3O4/c1-28-19-5-6-20(22(12-19)29-2)23(27)26-9-7-18-16-30-11-10-25(21(18)15-26)14-17-4-3-8-24-13-17/h3-6,8,12-13,18,21H,7,9-11,14-16H2,1-2H3/t18-,21-/m1/s1. The maximum Gasteiger partial charge on any atom is 0.257 e. The van der Waals surface area contributed by atoms with Gasteiger partial charge >= 0.3 is 0 Å². The Labute approximate surface area is 177 Å². The van der Waals surface area contributed by atoms with E-state index in [4.69, 9.17) is 14.2 Å². The molecule has 2 aliphatic rings. The molecule has 3 heterocycles. The van der Waals surface area contributed by atoms with Crippen LogP contribution in [-0.2, 0) is 11.3 Å². The Morgan fingerprint density at radius 1 is 1.23 bits per heavy atom. The molecular weight excluding hydrogens is 382 g/mol. The Hall–Kier alpha value is -2.64. The highest BCUT2D eigenvalue weighted by Gasteiger charge is 2.37. The van der Waals surface area contributed by atoms with E-state index >= 15 is 0 Å². The molecule has 1 amide bonds. The summed E-state index contributed by atoms with van der Waals surface area (Å²) in [6.07, 6.45) is 4.63. The molecule has 1 aromatic heterocycles. The topological polar surface area (TPSA) is 64.1 Å². The van der Waals surface area contributed by atoms with Crippen molar-refractivity contribution in [1.29, 1.82) is 0 Å². The van der Waals surface area contributed by atoms with Gasteiger partial charge in [-0.2, -0.15) is 0 Å². The lowest BCUT2D eigenvalue weighted by atomic mass is 9.90. The van der Waals surface area contributed by atoms with Crippen molar-refractivity contribution in [2.45, 2.75) is 19.0 Å². The predicted octanol–water partition coefficient (Wildman–Crippen LogP) is 2.46. The Morgan fingerprint density at radius 3 is 2.90 bits per heavy atom. The molecule has 7 heteroatoms. The second kappa shape index (κ2) is 9.45. The smallest absolute Gasteiger partial charge is 0.257 e. The summed E-state index contributed by atoms with van der Waals surface area (Å²) in [7, 11) is 3.18. The van der Waals surface area contributed by atoms with Gasteiger partial charge in [0.25, 0.3) is 5.91 Å². The number of hydrogen-bond donors (Lipinski definition) is 0. The zero-order valence-corrected chi connectivity index (χ0v) is 17.6. The fraction of sp³-hybridized carbons (Fsp3) is 0.478. The van der Waals surface area contributed by atoms with Crippen molar-refractivity contribution < 1.29 is 19.0 Å². The number of carbonyl (C=O) groups excluding carboxylic acids is 1. The highest BCUT2D eigenvalue weighted by atomic mass is 16.5. The molecule has 30 heavy (non-hydrogen) atoms. The molecule has 4 rings (SSSR count). The summed E-state index contributed by atoms with van der Waals surface area (Å²) in [5.74, 6) is 1.63. The van der Waals surface area contributed by atoms with E-state index in [1.807, 2.05) is 17.2 Å². The molecule has 0 unspecified atom stereocenters. The number of aromatic nitrogens is 1. The molecule has 2 fully saturated rings. The van der Waals surface area contributed by atoms with Gasteiger partial charge in [0, 0.05) is 56.6 Å². The van der Waals surface area contributed by atoms with E-state index in [0.29, 0.717) is 36.1 Å². The SMILES string of the molecule is COc1ccc(C(=O)N2CC[C@@H]3COCCN(Cc4cccnc4)[C@@H]3C2)c(OC)c1. The molecule has 0 bridgehead atoms. The van der Waals surface area contributed by atoms with Crippen LogP contribution in [0.15, 0.2) is 42.7 Å². The van der Waals surface area contributed by atoms with Gasteiger partial charge in [0.2, 0.25) is 0 Å². The number of carbonyl (C=O) groups is 1. The van der Waals surface area contributed by atoms with Crippen molar-refractivity contribution in [2.75, 3.05) is 47.1 Å². The van der Waals surface area contributed by atoms with E-state index in [1.165, 1.54) is 5.56 Å². The third-order valence-corrected chi connectivity index (χ3v) is 6.08. The van der Waals surface area contributed by atoms with E-state index in [-0.39, 0.29) is 11.9 Å². The predicted molar refractivity (Wildman–Crippen MR) is 113 cm³/mol. The molecule has 2 saturated heterocycles. The van der Waals surface area contributed by atoms with Gasteiger partial charge in [-0.1, -0.05) is 6.07 Å². The van der Waals surface area contributed by atoms with Crippen molar-refractivity contribution in [3.8, 4) is 11.5 Å². The number of hydrogen-bond acceptors (Lipinski definition) is 6. The monoisotopic (exact) mass is 411 g/mol. The Bertz CT molecular complexity index is 861. The highest BCUT2D eigenvalue weighted by Crippen LogP contribution is 2.30. The third-order valence-electron chi connectivity index (χ3n) is 6.08. The molecule has 2 aromatic rings. The van der Waals surface area contributed by atoms with Crippen LogP contribution in [0.4, 0.5) is 0 Å². The number of likely N-dealkylation sites (tertiary alicyclic amines) is 1. The lowest BCUT2D eigenvalue weighted by Gasteiger charge is -2.42. The molecule has 0 aliphatic carbocycles. The molecule has 0 radical (unpaired) electrons. The highest BCUT2D eigenvalue weighted by molar-refractivity contribution is 5.97. The molecule has 0 N–H and O–H groups in total. The summed E-state index contributed by atoms with van der Waals surface area (Å²) in [6.45, 7) is 4.54. The van der Waals surface area contributed by atoms with Gasteiger partial charge in [-0.3, -0.25) is 14.7 Å². The van der Waals surface area contributed by atoms with Gasteiger partial charge in [-0.25, -0.2) is 0 Å². The number of fused-ring (bicyclic) bond motifs is 1. The molecule has 2 aliphatic heterocycles. The van der Waals surface area contributed by atoms with Crippen molar-refractivity contribution in [2.24, 2.45) is 5.92 Å². The lowest BCUT2D eigenvalue weighted by Crippen LogP contribution is -2.54. The van der Waals surface area contributed by atoms with E-state index in [2.05, 4.69) is 16.0 Å². The molecule has 0 spiro atoms. The van der Waals surface area contributed by atoms with Crippen molar-refractivity contribution in [3.05, 3.63) is 53.9 Å². The summed E-state index contributed by atoms with van der Waals surface area (Å²) in [6, 6.07) is 9.67. The second-order valence-corrected chi connectivity index (χ2v) is 7.84. The Balaban J connectivity index is 1.53. The molecule has 7 nitrogen and oxygen atoms in total. The number of methoxy groups -OCH3 is 2. The fourth-order valence-electron chi connectivity index (χ4n) is 4.42. The van der Waals surface area contributed by atoms with Crippen LogP contribution in [0.3, 0.4) is 0 Å². The average Bonchev–Trinajstić information content (AvgIpc) is 3.00. The first-order chi connectivity index (χ1) is 14.7. The maximum atomic E-state index is 13.3. The molecule has 0 saturated carbocycles. The van der Waals surface area contributed by atoms with E-state index < -0.39 is 0 Å². The van der Waals surface area contributed by atoms with E-state index in [1.54, 1.807) is 38.6 Å². The molecule has 1 aromatic carbocycles. The zero-order valence-electron chi connectivity index (χ0n) is 17.6. The summed E-state index contributed by atoms with van der Waals surface area (Å²) in [5.41, 5.74) is 1.75. The van der Waals surface area contributed by atoms with Crippen LogP contribution >= 0.6 is 0 Å². The van der Waals surface area contributed by atoms with Crippen LogP contribution in [0.5, 0.6) is 11.5 Å². The minimum atomic E-state index is -0.000513. The van der Waals surface area contributed by atoms with E-state index in [9.17, 15) is 4.79 Å². The fourth-order valence-corrected chi connectivity index (χ4v) is 4.42. The van der Waals surface area contributed by atoms with Crippen LogP contribution in [0.1, 0.15) is 22.3 Å². The Morgan fingerprint density at radius 2 is 2.13 bits per heavy atom.